The zero-order valence-corrected chi connectivity index (χ0v) is 15.7. The predicted octanol–water partition coefficient (Wildman–Crippen LogP) is 6.32. The lowest BCUT2D eigenvalue weighted by Gasteiger charge is -2.39. The Hall–Kier alpha value is -1.57. The van der Waals surface area contributed by atoms with Crippen molar-refractivity contribution in [1.29, 1.82) is 0 Å². The summed E-state index contributed by atoms with van der Waals surface area (Å²) in [5, 5.41) is 11.5. The lowest BCUT2D eigenvalue weighted by Crippen LogP contribution is -2.30. The maximum Gasteiger partial charge on any atom is 0.0846 e. The second-order valence-corrected chi connectivity index (χ2v) is 8.47. The average molecular weight is 353 g/mol. The van der Waals surface area contributed by atoms with Gasteiger partial charge in [0, 0.05) is 10.4 Å². The number of hydrogen-bond donors (Lipinski definition) is 1. The zero-order valence-electron chi connectivity index (χ0n) is 15.0. The Labute approximate surface area is 155 Å². The summed E-state index contributed by atoms with van der Waals surface area (Å²) in [6.07, 6.45) is 8.50. The highest BCUT2D eigenvalue weighted by Crippen LogP contribution is 2.55. The minimum Gasteiger partial charge on any atom is -0.386 e. The van der Waals surface area contributed by atoms with Gasteiger partial charge in [-0.05, 0) is 72.7 Å². The van der Waals surface area contributed by atoms with Gasteiger partial charge in [0.2, 0.25) is 0 Å². The molecule has 0 heterocycles. The van der Waals surface area contributed by atoms with Crippen LogP contribution in [-0.4, -0.2) is 5.11 Å². The highest BCUT2D eigenvalue weighted by molar-refractivity contribution is 6.30. The standard InChI is InChI=1S/C23H25ClO/c1-22(2,25)20-11-10-17(24)15-18(20)21-14-16-8-4-5-9-19(16)23(21)12-6-3-7-13-23/h4-5,8-11,14-15,25H,3,6-7,12-13H2,1-2H3. The summed E-state index contributed by atoms with van der Waals surface area (Å²) in [7, 11) is 0. The fourth-order valence-corrected chi connectivity index (χ4v) is 4.97. The molecule has 1 saturated carbocycles. The Balaban J connectivity index is 1.95. The number of aliphatic hydroxyl groups is 1. The molecule has 4 rings (SSSR count). The van der Waals surface area contributed by atoms with Gasteiger partial charge in [-0.25, -0.2) is 0 Å². The first kappa shape index (κ1) is 16.9. The number of benzene rings is 2. The SMILES string of the molecule is CC(C)(O)c1ccc(Cl)cc1C1=Cc2ccccc2C12CCCCC2. The quantitative estimate of drug-likeness (QED) is 0.670. The van der Waals surface area contributed by atoms with Crippen molar-refractivity contribution in [2.24, 2.45) is 0 Å². The molecular weight excluding hydrogens is 328 g/mol. The maximum absolute atomic E-state index is 10.8. The molecule has 0 bridgehead atoms. The Morgan fingerprint density at radius 2 is 1.72 bits per heavy atom. The van der Waals surface area contributed by atoms with E-state index in [0.717, 1.165) is 16.1 Å². The van der Waals surface area contributed by atoms with Gasteiger partial charge < -0.3 is 5.11 Å². The van der Waals surface area contributed by atoms with Gasteiger partial charge in [0.25, 0.3) is 0 Å². The van der Waals surface area contributed by atoms with Gasteiger partial charge >= 0.3 is 0 Å². The Kier molecular flexibility index (Phi) is 4.05. The summed E-state index contributed by atoms with van der Waals surface area (Å²) in [6.45, 7) is 3.71. The lowest BCUT2D eigenvalue weighted by molar-refractivity contribution is 0.0782. The largest absolute Gasteiger partial charge is 0.386 e. The van der Waals surface area contributed by atoms with Crippen molar-refractivity contribution in [3.63, 3.8) is 0 Å². The molecular formula is C23H25ClO. The number of allylic oxidation sites excluding steroid dienone is 1. The van der Waals surface area contributed by atoms with Gasteiger partial charge in [0.05, 0.1) is 5.60 Å². The van der Waals surface area contributed by atoms with Gasteiger partial charge in [0.1, 0.15) is 0 Å². The van der Waals surface area contributed by atoms with E-state index in [9.17, 15) is 5.11 Å². The molecule has 2 heteroatoms. The van der Waals surface area contributed by atoms with Crippen molar-refractivity contribution in [3.8, 4) is 0 Å². The molecule has 2 aromatic carbocycles. The number of halogens is 1. The summed E-state index contributed by atoms with van der Waals surface area (Å²) >= 11 is 6.38. The van der Waals surface area contributed by atoms with E-state index in [0.29, 0.717) is 0 Å². The third-order valence-corrected chi connectivity index (χ3v) is 6.16. The van der Waals surface area contributed by atoms with Crippen LogP contribution in [-0.2, 0) is 11.0 Å². The summed E-state index contributed by atoms with van der Waals surface area (Å²) < 4.78 is 0. The first-order valence-corrected chi connectivity index (χ1v) is 9.64. The second-order valence-electron chi connectivity index (χ2n) is 8.04. The Morgan fingerprint density at radius 1 is 1.00 bits per heavy atom. The van der Waals surface area contributed by atoms with Gasteiger partial charge in [-0.3, -0.25) is 0 Å². The van der Waals surface area contributed by atoms with E-state index >= 15 is 0 Å². The summed E-state index contributed by atoms with van der Waals surface area (Å²) in [5.74, 6) is 0. The van der Waals surface area contributed by atoms with Gasteiger partial charge in [0.15, 0.2) is 0 Å². The van der Waals surface area contributed by atoms with Crippen LogP contribution in [0.4, 0.5) is 0 Å². The van der Waals surface area contributed by atoms with Crippen LogP contribution in [0.2, 0.25) is 5.02 Å². The zero-order chi connectivity index (χ0) is 17.7. The van der Waals surface area contributed by atoms with Crippen LogP contribution < -0.4 is 0 Å². The Morgan fingerprint density at radius 3 is 2.44 bits per heavy atom. The monoisotopic (exact) mass is 352 g/mol. The van der Waals surface area contributed by atoms with Crippen LogP contribution in [0.1, 0.15) is 68.2 Å². The summed E-state index contributed by atoms with van der Waals surface area (Å²) in [5.41, 5.74) is 5.35. The first-order chi connectivity index (χ1) is 11.9. The number of fused-ring (bicyclic) bond motifs is 2. The highest BCUT2D eigenvalue weighted by Gasteiger charge is 2.43. The van der Waals surface area contributed by atoms with Crippen molar-refractivity contribution >= 4 is 23.3 Å². The van der Waals surface area contributed by atoms with Crippen LogP contribution >= 0.6 is 11.6 Å². The molecule has 2 aliphatic carbocycles. The molecule has 0 amide bonds. The third kappa shape index (κ3) is 2.74. The summed E-state index contributed by atoms with van der Waals surface area (Å²) in [6, 6.07) is 14.7. The molecule has 1 nitrogen and oxygen atoms in total. The molecule has 0 aromatic heterocycles. The third-order valence-electron chi connectivity index (χ3n) is 5.93. The normalized spacial score (nSPS) is 19.0. The molecule has 0 unspecified atom stereocenters. The van der Waals surface area contributed by atoms with Crippen molar-refractivity contribution in [2.45, 2.75) is 57.0 Å². The fourth-order valence-electron chi connectivity index (χ4n) is 4.80. The highest BCUT2D eigenvalue weighted by atomic mass is 35.5. The van der Waals surface area contributed by atoms with E-state index < -0.39 is 5.60 Å². The fraction of sp³-hybridized carbons (Fsp3) is 0.391. The number of hydrogen-bond acceptors (Lipinski definition) is 1. The van der Waals surface area contributed by atoms with Gasteiger partial charge in [-0.15, -0.1) is 0 Å². The Bertz CT molecular complexity index is 835. The molecule has 0 atom stereocenters. The van der Waals surface area contributed by atoms with E-state index in [2.05, 4.69) is 30.3 Å². The van der Waals surface area contributed by atoms with Crippen LogP contribution in [0, 0.1) is 0 Å². The van der Waals surface area contributed by atoms with Crippen molar-refractivity contribution in [2.75, 3.05) is 0 Å². The molecule has 0 saturated heterocycles. The average Bonchev–Trinajstić information content (AvgIpc) is 2.89. The summed E-state index contributed by atoms with van der Waals surface area (Å²) in [4.78, 5) is 0. The lowest BCUT2D eigenvalue weighted by atomic mass is 9.65. The minimum absolute atomic E-state index is 0.0690. The van der Waals surface area contributed by atoms with Crippen molar-refractivity contribution in [3.05, 3.63) is 69.7 Å². The van der Waals surface area contributed by atoms with E-state index in [4.69, 9.17) is 11.6 Å². The second kappa shape index (κ2) is 6.00. The van der Waals surface area contributed by atoms with Crippen LogP contribution in [0.15, 0.2) is 42.5 Å². The smallest absolute Gasteiger partial charge is 0.0846 e. The van der Waals surface area contributed by atoms with Crippen LogP contribution in [0.3, 0.4) is 0 Å². The minimum atomic E-state index is -0.897. The van der Waals surface area contributed by atoms with Crippen molar-refractivity contribution < 1.29 is 5.11 Å². The van der Waals surface area contributed by atoms with Crippen LogP contribution in [0.25, 0.3) is 11.6 Å². The molecule has 0 radical (unpaired) electrons. The van der Waals surface area contributed by atoms with E-state index in [1.165, 1.54) is 48.8 Å². The van der Waals surface area contributed by atoms with E-state index in [1.54, 1.807) is 0 Å². The predicted molar refractivity (Wildman–Crippen MR) is 106 cm³/mol. The molecule has 2 aromatic rings. The molecule has 130 valence electrons. The number of rotatable bonds is 2. The van der Waals surface area contributed by atoms with E-state index in [1.807, 2.05) is 32.0 Å². The molecule has 1 spiro atoms. The first-order valence-electron chi connectivity index (χ1n) is 9.26. The van der Waals surface area contributed by atoms with E-state index in [-0.39, 0.29) is 5.41 Å². The van der Waals surface area contributed by atoms with Gasteiger partial charge in [-0.1, -0.05) is 61.2 Å². The van der Waals surface area contributed by atoms with Crippen molar-refractivity contribution in [1.82, 2.24) is 0 Å². The van der Waals surface area contributed by atoms with Crippen LogP contribution in [0.5, 0.6) is 0 Å². The maximum atomic E-state index is 10.8. The topological polar surface area (TPSA) is 20.2 Å². The molecule has 1 N–H and O–H groups in total. The van der Waals surface area contributed by atoms with Gasteiger partial charge in [-0.2, -0.15) is 0 Å². The molecule has 0 aliphatic heterocycles. The molecule has 25 heavy (non-hydrogen) atoms. The molecule has 2 aliphatic rings. The molecule has 1 fully saturated rings.